The zero-order valence-electron chi connectivity index (χ0n) is 12.5. The first-order chi connectivity index (χ1) is 9.78. The number of hydrogen-bond acceptors (Lipinski definition) is 3. The van der Waals surface area contributed by atoms with Crippen LogP contribution in [0.1, 0.15) is 36.0 Å². The number of rotatable bonds is 1. The van der Waals surface area contributed by atoms with Crippen molar-refractivity contribution in [1.29, 1.82) is 0 Å². The number of thiophene rings is 1. The van der Waals surface area contributed by atoms with Gasteiger partial charge in [-0.1, -0.05) is 18.2 Å². The second-order valence-electron chi connectivity index (χ2n) is 5.84. The molecule has 0 spiro atoms. The van der Waals surface area contributed by atoms with Gasteiger partial charge in [-0.15, -0.1) is 11.3 Å². The predicted octanol–water partition coefficient (Wildman–Crippen LogP) is 3.12. The standard InChI is InChI=1S/C15H19N3OS2/c1-9-10-7-5-6-8-11(10)21-12(9)13(19)17-18-14(20)16-15(2,3)4/h5-8H,1-4H3,(H,17,19)(H2,16,18,20). The molecule has 0 fully saturated rings. The second-order valence-corrected chi connectivity index (χ2v) is 7.30. The van der Waals surface area contributed by atoms with Crippen LogP contribution in [-0.4, -0.2) is 16.6 Å². The van der Waals surface area contributed by atoms with Crippen LogP contribution in [0.5, 0.6) is 0 Å². The van der Waals surface area contributed by atoms with E-state index in [4.69, 9.17) is 12.2 Å². The number of carbonyl (C=O) groups excluding carboxylic acids is 1. The van der Waals surface area contributed by atoms with E-state index < -0.39 is 0 Å². The van der Waals surface area contributed by atoms with Gasteiger partial charge in [-0.3, -0.25) is 15.6 Å². The van der Waals surface area contributed by atoms with Gasteiger partial charge in [0.1, 0.15) is 0 Å². The lowest BCUT2D eigenvalue weighted by atomic mass is 10.1. The van der Waals surface area contributed by atoms with Crippen LogP contribution in [0.3, 0.4) is 0 Å². The number of hydrazine groups is 1. The molecule has 0 radical (unpaired) electrons. The Labute approximate surface area is 133 Å². The molecule has 0 atom stereocenters. The summed E-state index contributed by atoms with van der Waals surface area (Å²) in [5.41, 5.74) is 6.22. The van der Waals surface area contributed by atoms with Gasteiger partial charge >= 0.3 is 0 Å². The van der Waals surface area contributed by atoms with E-state index in [1.54, 1.807) is 0 Å². The van der Waals surface area contributed by atoms with Gasteiger partial charge < -0.3 is 5.32 Å². The summed E-state index contributed by atoms with van der Waals surface area (Å²) in [6.07, 6.45) is 0. The molecule has 112 valence electrons. The first-order valence-corrected chi connectivity index (χ1v) is 7.87. The van der Waals surface area contributed by atoms with Crippen LogP contribution < -0.4 is 16.2 Å². The molecule has 0 aliphatic rings. The van der Waals surface area contributed by atoms with Crippen molar-refractivity contribution in [2.45, 2.75) is 33.2 Å². The van der Waals surface area contributed by atoms with Crippen molar-refractivity contribution in [3.05, 3.63) is 34.7 Å². The van der Waals surface area contributed by atoms with Crippen molar-refractivity contribution in [2.75, 3.05) is 0 Å². The van der Waals surface area contributed by atoms with Crippen LogP contribution >= 0.6 is 23.6 Å². The minimum Gasteiger partial charge on any atom is -0.357 e. The fraction of sp³-hybridized carbons (Fsp3) is 0.333. The summed E-state index contributed by atoms with van der Waals surface area (Å²) in [7, 11) is 0. The number of thiocarbonyl (C=S) groups is 1. The first kappa shape index (κ1) is 15.7. The molecular formula is C15H19N3OS2. The molecule has 2 rings (SSSR count). The predicted molar refractivity (Wildman–Crippen MR) is 92.7 cm³/mol. The Balaban J connectivity index is 2.06. The number of carbonyl (C=O) groups is 1. The van der Waals surface area contributed by atoms with Gasteiger partial charge in [-0.25, -0.2) is 0 Å². The van der Waals surface area contributed by atoms with E-state index in [1.807, 2.05) is 52.0 Å². The molecule has 6 heteroatoms. The van der Waals surface area contributed by atoms with Gasteiger partial charge in [-0.05, 0) is 56.9 Å². The molecule has 0 bridgehead atoms. The van der Waals surface area contributed by atoms with E-state index in [-0.39, 0.29) is 11.4 Å². The average molecular weight is 321 g/mol. The fourth-order valence-corrected chi connectivity index (χ4v) is 3.39. The largest absolute Gasteiger partial charge is 0.357 e. The summed E-state index contributed by atoms with van der Waals surface area (Å²) >= 11 is 6.62. The van der Waals surface area contributed by atoms with Crippen LogP contribution in [0.25, 0.3) is 10.1 Å². The van der Waals surface area contributed by atoms with Crippen molar-refractivity contribution in [3.63, 3.8) is 0 Å². The normalized spacial score (nSPS) is 11.2. The Bertz CT molecular complexity index is 686. The molecule has 2 aromatic rings. The number of aryl methyl sites for hydroxylation is 1. The molecule has 3 N–H and O–H groups in total. The zero-order valence-corrected chi connectivity index (χ0v) is 14.2. The topological polar surface area (TPSA) is 53.2 Å². The van der Waals surface area contributed by atoms with Crippen molar-refractivity contribution in [1.82, 2.24) is 16.2 Å². The summed E-state index contributed by atoms with van der Waals surface area (Å²) in [6, 6.07) is 7.99. The van der Waals surface area contributed by atoms with Crippen molar-refractivity contribution >= 4 is 44.7 Å². The van der Waals surface area contributed by atoms with E-state index >= 15 is 0 Å². The van der Waals surface area contributed by atoms with E-state index in [2.05, 4.69) is 16.2 Å². The minimum absolute atomic E-state index is 0.150. The Hall–Kier alpha value is -1.66. The summed E-state index contributed by atoms with van der Waals surface area (Å²) in [4.78, 5) is 13.0. The van der Waals surface area contributed by atoms with Crippen LogP contribution in [0.15, 0.2) is 24.3 Å². The van der Waals surface area contributed by atoms with Crippen LogP contribution in [0, 0.1) is 6.92 Å². The van der Waals surface area contributed by atoms with Crippen molar-refractivity contribution in [2.24, 2.45) is 0 Å². The lowest BCUT2D eigenvalue weighted by Gasteiger charge is -2.23. The van der Waals surface area contributed by atoms with Crippen LogP contribution in [-0.2, 0) is 0 Å². The van der Waals surface area contributed by atoms with Crippen molar-refractivity contribution < 1.29 is 4.79 Å². The van der Waals surface area contributed by atoms with E-state index in [0.717, 1.165) is 15.6 Å². The molecule has 0 aliphatic heterocycles. The van der Waals surface area contributed by atoms with E-state index in [0.29, 0.717) is 9.99 Å². The Morgan fingerprint density at radius 3 is 2.48 bits per heavy atom. The summed E-state index contributed by atoms with van der Waals surface area (Å²) in [6.45, 7) is 7.95. The maximum Gasteiger partial charge on any atom is 0.280 e. The fourth-order valence-electron chi connectivity index (χ4n) is 1.93. The molecule has 1 amide bonds. The Kier molecular flexibility index (Phi) is 4.49. The molecule has 1 aromatic carbocycles. The quantitative estimate of drug-likeness (QED) is 0.558. The summed E-state index contributed by atoms with van der Waals surface area (Å²) < 4.78 is 1.11. The highest BCUT2D eigenvalue weighted by atomic mass is 32.1. The molecule has 0 saturated heterocycles. The molecular weight excluding hydrogens is 302 g/mol. The second kappa shape index (κ2) is 5.99. The van der Waals surface area contributed by atoms with Gasteiger partial charge in [0.25, 0.3) is 5.91 Å². The minimum atomic E-state index is -0.174. The Morgan fingerprint density at radius 2 is 1.86 bits per heavy atom. The highest BCUT2D eigenvalue weighted by molar-refractivity contribution is 7.80. The average Bonchev–Trinajstić information content (AvgIpc) is 2.72. The number of hydrogen-bond donors (Lipinski definition) is 3. The lowest BCUT2D eigenvalue weighted by molar-refractivity contribution is 0.0947. The molecule has 4 nitrogen and oxygen atoms in total. The molecule has 0 saturated carbocycles. The summed E-state index contributed by atoms with van der Waals surface area (Å²) in [5.74, 6) is -0.174. The van der Waals surface area contributed by atoms with Crippen LogP contribution in [0.2, 0.25) is 0 Å². The molecule has 1 aromatic heterocycles. The maximum absolute atomic E-state index is 12.3. The Morgan fingerprint density at radius 1 is 1.19 bits per heavy atom. The lowest BCUT2D eigenvalue weighted by Crippen LogP contribution is -2.52. The van der Waals surface area contributed by atoms with Gasteiger partial charge in [0.2, 0.25) is 0 Å². The third-order valence-corrected chi connectivity index (χ3v) is 4.30. The molecule has 0 aliphatic carbocycles. The highest BCUT2D eigenvalue weighted by Crippen LogP contribution is 2.30. The SMILES string of the molecule is Cc1c(C(=O)NNC(=S)NC(C)(C)C)sc2ccccc12. The third kappa shape index (κ3) is 3.92. The van der Waals surface area contributed by atoms with Gasteiger partial charge in [0.15, 0.2) is 5.11 Å². The van der Waals surface area contributed by atoms with Gasteiger partial charge in [0, 0.05) is 10.2 Å². The highest BCUT2D eigenvalue weighted by Gasteiger charge is 2.16. The van der Waals surface area contributed by atoms with Crippen LogP contribution in [0.4, 0.5) is 0 Å². The summed E-state index contributed by atoms with van der Waals surface area (Å²) in [5, 5.41) is 4.59. The van der Waals surface area contributed by atoms with Gasteiger partial charge in [-0.2, -0.15) is 0 Å². The van der Waals surface area contributed by atoms with Gasteiger partial charge in [0.05, 0.1) is 4.88 Å². The van der Waals surface area contributed by atoms with E-state index in [9.17, 15) is 4.79 Å². The molecule has 0 unspecified atom stereocenters. The number of nitrogens with one attached hydrogen (secondary N) is 3. The first-order valence-electron chi connectivity index (χ1n) is 6.64. The monoisotopic (exact) mass is 321 g/mol. The molecule has 21 heavy (non-hydrogen) atoms. The zero-order chi connectivity index (χ0) is 15.6. The van der Waals surface area contributed by atoms with Crippen molar-refractivity contribution in [3.8, 4) is 0 Å². The number of benzene rings is 1. The maximum atomic E-state index is 12.3. The number of amides is 1. The number of fused-ring (bicyclic) bond motifs is 1. The van der Waals surface area contributed by atoms with E-state index in [1.165, 1.54) is 11.3 Å². The molecule has 1 heterocycles. The smallest absolute Gasteiger partial charge is 0.280 e. The third-order valence-electron chi connectivity index (χ3n) is 2.83.